The minimum absolute atomic E-state index is 0.177. The first-order valence-electron chi connectivity index (χ1n) is 4.63. The van der Waals surface area contributed by atoms with Gasteiger partial charge in [-0.3, -0.25) is 4.79 Å². The first-order chi connectivity index (χ1) is 7.47. The summed E-state index contributed by atoms with van der Waals surface area (Å²) < 4.78 is 0. The summed E-state index contributed by atoms with van der Waals surface area (Å²) in [7, 11) is 0. The van der Waals surface area contributed by atoms with E-state index < -0.39 is 12.1 Å². The Bertz CT molecular complexity index is 273. The van der Waals surface area contributed by atoms with Crippen LogP contribution in [0.1, 0.15) is 6.42 Å². The number of primary amides is 1. The van der Waals surface area contributed by atoms with Crippen molar-refractivity contribution in [3.63, 3.8) is 0 Å². The van der Waals surface area contributed by atoms with Crippen LogP contribution in [0.25, 0.3) is 0 Å². The molecule has 0 aromatic heterocycles. The molecular weight excluding hydrogens is 250 g/mol. The van der Waals surface area contributed by atoms with E-state index in [-0.39, 0.29) is 12.5 Å². The average molecular weight is 266 g/mol. The third-order valence-electron chi connectivity index (χ3n) is 1.70. The van der Waals surface area contributed by atoms with E-state index in [0.29, 0.717) is 11.5 Å². The van der Waals surface area contributed by atoms with Crippen LogP contribution in [0.3, 0.4) is 0 Å². The van der Waals surface area contributed by atoms with Gasteiger partial charge in [-0.15, -0.1) is 0 Å². The maximum atomic E-state index is 11.6. The van der Waals surface area contributed by atoms with E-state index in [9.17, 15) is 9.59 Å². The number of carbonyl (C=O) groups excluding carboxylic acids is 2. The minimum atomic E-state index is -0.717. The second kappa shape index (κ2) is 8.29. The number of nitrogens with two attached hydrogens (primary N) is 1. The standard InChI is InChI=1S/C9H16ClN3O2S/c1-6(10)5-12-8(14)7(3-4-16-2)13-9(11)15/h7H,1,3-5H2,2H3,(H,12,14)(H3,11,13,15). The maximum Gasteiger partial charge on any atom is 0.312 e. The SMILES string of the molecule is C=C(Cl)CNC(=O)C(CCSC)NC(N)=O. The number of halogens is 1. The molecule has 16 heavy (non-hydrogen) atoms. The van der Waals surface area contributed by atoms with Crippen LogP contribution in [0.5, 0.6) is 0 Å². The van der Waals surface area contributed by atoms with Gasteiger partial charge in [-0.1, -0.05) is 18.2 Å². The van der Waals surface area contributed by atoms with E-state index in [4.69, 9.17) is 17.3 Å². The highest BCUT2D eigenvalue weighted by Gasteiger charge is 2.18. The molecule has 0 fully saturated rings. The van der Waals surface area contributed by atoms with Crippen molar-refractivity contribution >= 4 is 35.3 Å². The van der Waals surface area contributed by atoms with Gasteiger partial charge in [-0.05, 0) is 18.4 Å². The molecule has 3 amide bonds. The van der Waals surface area contributed by atoms with Gasteiger partial charge in [0.05, 0.1) is 6.54 Å². The summed E-state index contributed by atoms with van der Waals surface area (Å²) in [5.74, 6) is 0.440. The molecule has 0 bridgehead atoms. The Labute approximate surface area is 104 Å². The molecule has 0 aliphatic carbocycles. The summed E-state index contributed by atoms with van der Waals surface area (Å²) in [4.78, 5) is 22.3. The number of hydrogen-bond acceptors (Lipinski definition) is 3. The van der Waals surface area contributed by atoms with Gasteiger partial charge in [0.15, 0.2) is 0 Å². The van der Waals surface area contributed by atoms with Gasteiger partial charge in [0.1, 0.15) is 6.04 Å². The van der Waals surface area contributed by atoms with Crippen LogP contribution < -0.4 is 16.4 Å². The molecule has 0 aliphatic heterocycles. The highest BCUT2D eigenvalue weighted by atomic mass is 35.5. The first kappa shape index (κ1) is 15.1. The topological polar surface area (TPSA) is 84.2 Å². The molecule has 0 radical (unpaired) electrons. The molecule has 0 spiro atoms. The molecule has 5 nitrogen and oxygen atoms in total. The predicted molar refractivity (Wildman–Crippen MR) is 67.5 cm³/mol. The molecule has 92 valence electrons. The number of thioether (sulfide) groups is 1. The lowest BCUT2D eigenvalue weighted by Crippen LogP contribution is -2.49. The van der Waals surface area contributed by atoms with Crippen molar-refractivity contribution in [2.45, 2.75) is 12.5 Å². The molecule has 0 aromatic carbocycles. The van der Waals surface area contributed by atoms with Gasteiger partial charge < -0.3 is 16.4 Å². The maximum absolute atomic E-state index is 11.6. The number of amides is 3. The van der Waals surface area contributed by atoms with E-state index >= 15 is 0 Å². The lowest BCUT2D eigenvalue weighted by molar-refractivity contribution is -0.122. The number of hydrogen-bond donors (Lipinski definition) is 3. The van der Waals surface area contributed by atoms with Crippen LogP contribution in [-0.2, 0) is 4.79 Å². The normalized spacial score (nSPS) is 11.6. The van der Waals surface area contributed by atoms with Crippen molar-refractivity contribution in [1.29, 1.82) is 0 Å². The molecule has 4 N–H and O–H groups in total. The Kier molecular flexibility index (Phi) is 7.84. The zero-order chi connectivity index (χ0) is 12.6. The van der Waals surface area contributed by atoms with Crippen molar-refractivity contribution in [3.8, 4) is 0 Å². The summed E-state index contributed by atoms with van der Waals surface area (Å²) in [5.41, 5.74) is 4.98. The van der Waals surface area contributed by atoms with Crippen molar-refractivity contribution < 1.29 is 9.59 Å². The highest BCUT2D eigenvalue weighted by molar-refractivity contribution is 7.98. The molecule has 0 aromatic rings. The molecule has 0 saturated heterocycles. The Hall–Kier alpha value is -0.880. The Balaban J connectivity index is 4.19. The zero-order valence-electron chi connectivity index (χ0n) is 9.09. The van der Waals surface area contributed by atoms with Gasteiger partial charge in [-0.2, -0.15) is 11.8 Å². The van der Waals surface area contributed by atoms with Gasteiger partial charge in [-0.25, -0.2) is 4.79 Å². The molecule has 7 heteroatoms. The zero-order valence-corrected chi connectivity index (χ0v) is 10.7. The molecule has 1 unspecified atom stereocenters. The van der Waals surface area contributed by atoms with Crippen LogP contribution in [0.4, 0.5) is 4.79 Å². The lowest BCUT2D eigenvalue weighted by atomic mass is 10.2. The number of carbonyl (C=O) groups is 2. The van der Waals surface area contributed by atoms with E-state index in [2.05, 4.69) is 17.2 Å². The largest absolute Gasteiger partial charge is 0.352 e. The Morgan fingerprint density at radius 1 is 1.56 bits per heavy atom. The third kappa shape index (κ3) is 7.42. The lowest BCUT2D eigenvalue weighted by Gasteiger charge is -2.16. The molecule has 0 aliphatic rings. The van der Waals surface area contributed by atoms with E-state index in [1.165, 1.54) is 0 Å². The summed E-state index contributed by atoms with van der Waals surface area (Å²) in [6.45, 7) is 3.62. The molecule has 0 rings (SSSR count). The number of urea groups is 1. The van der Waals surface area contributed by atoms with Gasteiger partial charge in [0.2, 0.25) is 5.91 Å². The van der Waals surface area contributed by atoms with E-state index in [1.807, 2.05) is 6.26 Å². The van der Waals surface area contributed by atoms with Crippen LogP contribution in [0.15, 0.2) is 11.6 Å². The van der Waals surface area contributed by atoms with E-state index in [0.717, 1.165) is 5.75 Å². The molecule has 0 heterocycles. The van der Waals surface area contributed by atoms with Crippen molar-refractivity contribution in [3.05, 3.63) is 11.6 Å². The molecule has 1 atom stereocenters. The second-order valence-electron chi connectivity index (χ2n) is 3.08. The molecular formula is C9H16ClN3O2S. The number of nitrogens with one attached hydrogen (secondary N) is 2. The summed E-state index contributed by atoms with van der Waals surface area (Å²) in [6, 6.07) is -1.34. The van der Waals surface area contributed by atoms with Gasteiger partial charge in [0.25, 0.3) is 0 Å². The average Bonchev–Trinajstić information content (AvgIpc) is 2.20. The fourth-order valence-corrected chi connectivity index (χ4v) is 1.52. The predicted octanol–water partition coefficient (Wildman–Crippen LogP) is 0.645. The van der Waals surface area contributed by atoms with Crippen LogP contribution in [0.2, 0.25) is 0 Å². The number of rotatable bonds is 7. The highest BCUT2D eigenvalue weighted by Crippen LogP contribution is 2.01. The van der Waals surface area contributed by atoms with Crippen molar-refractivity contribution in [1.82, 2.24) is 10.6 Å². The van der Waals surface area contributed by atoms with Crippen LogP contribution in [-0.4, -0.2) is 36.5 Å². The van der Waals surface area contributed by atoms with Crippen molar-refractivity contribution in [2.75, 3.05) is 18.6 Å². The van der Waals surface area contributed by atoms with Crippen LogP contribution in [0, 0.1) is 0 Å². The smallest absolute Gasteiger partial charge is 0.312 e. The van der Waals surface area contributed by atoms with Crippen molar-refractivity contribution in [2.24, 2.45) is 5.73 Å². The quantitative estimate of drug-likeness (QED) is 0.632. The summed E-state index contributed by atoms with van der Waals surface area (Å²) >= 11 is 7.09. The monoisotopic (exact) mass is 265 g/mol. The molecule has 0 saturated carbocycles. The second-order valence-corrected chi connectivity index (χ2v) is 4.60. The Morgan fingerprint density at radius 2 is 2.19 bits per heavy atom. The van der Waals surface area contributed by atoms with Gasteiger partial charge in [0, 0.05) is 5.03 Å². The Morgan fingerprint density at radius 3 is 2.62 bits per heavy atom. The summed E-state index contributed by atoms with van der Waals surface area (Å²) in [6.07, 6.45) is 2.44. The summed E-state index contributed by atoms with van der Waals surface area (Å²) in [5, 5.41) is 5.26. The fourth-order valence-electron chi connectivity index (χ4n) is 0.982. The minimum Gasteiger partial charge on any atom is -0.352 e. The van der Waals surface area contributed by atoms with Crippen LogP contribution >= 0.6 is 23.4 Å². The fraction of sp³-hybridized carbons (Fsp3) is 0.556. The third-order valence-corrected chi connectivity index (χ3v) is 2.48. The van der Waals surface area contributed by atoms with E-state index in [1.54, 1.807) is 11.8 Å². The first-order valence-corrected chi connectivity index (χ1v) is 6.40. The van der Waals surface area contributed by atoms with Gasteiger partial charge >= 0.3 is 6.03 Å².